The van der Waals surface area contributed by atoms with Crippen LogP contribution in [0.5, 0.6) is 5.75 Å². The van der Waals surface area contributed by atoms with Gasteiger partial charge in [0.25, 0.3) is 5.91 Å². The molecule has 190 valence electrons. The molecule has 0 radical (unpaired) electrons. The lowest BCUT2D eigenvalue weighted by molar-refractivity contribution is 0.0858. The first-order valence-corrected chi connectivity index (χ1v) is 12.2. The van der Waals surface area contributed by atoms with E-state index in [2.05, 4.69) is 36.7 Å². The van der Waals surface area contributed by atoms with E-state index in [-0.39, 0.29) is 17.4 Å². The van der Waals surface area contributed by atoms with E-state index in [0.717, 1.165) is 22.6 Å². The molecule has 3 aromatic rings. The smallest absolute Gasteiger partial charge is 0.251 e. The number of carbonyl (C=O) groups is 1. The van der Waals surface area contributed by atoms with Gasteiger partial charge >= 0.3 is 0 Å². The molecule has 2 aromatic carbocycles. The minimum absolute atomic E-state index is 0.0502. The molecular formula is C29H36N4O3. The Morgan fingerprint density at radius 3 is 2.36 bits per heavy atom. The molecule has 0 saturated carbocycles. The second-order valence-electron chi connectivity index (χ2n) is 10.5. The Labute approximate surface area is 213 Å². The van der Waals surface area contributed by atoms with Crippen molar-refractivity contribution in [2.75, 3.05) is 0 Å². The highest BCUT2D eigenvalue weighted by atomic mass is 16.5. The number of nitrogens with one attached hydrogen (secondary N) is 1. The maximum Gasteiger partial charge on any atom is 0.251 e. The Balaban J connectivity index is 1.73. The van der Waals surface area contributed by atoms with Gasteiger partial charge in [-0.05, 0) is 51.0 Å². The third-order valence-corrected chi connectivity index (χ3v) is 5.88. The van der Waals surface area contributed by atoms with E-state index in [0.29, 0.717) is 23.3 Å². The number of hydrogen-bond donors (Lipinski definition) is 2. The van der Waals surface area contributed by atoms with E-state index in [1.165, 1.54) is 6.07 Å². The number of aliphatic hydroxyl groups excluding tert-OH is 1. The standard InChI is InChI=1S/C29H36N4O3/c1-18(2)36-26-13-12-22(15-23(26)16-30)27(35)31-24(19(3)34)14-20-8-10-21(11-9-20)25-17-33(7)28(32-25)29(4,5)6/h8-13,15,17-19,24,34H,14H2,1-7H3,(H,31,35). The highest BCUT2D eigenvalue weighted by molar-refractivity contribution is 5.95. The van der Waals surface area contributed by atoms with Crippen molar-refractivity contribution in [2.45, 2.75) is 71.6 Å². The molecule has 3 rings (SSSR count). The van der Waals surface area contributed by atoms with Gasteiger partial charge in [0, 0.05) is 29.8 Å². The first-order valence-electron chi connectivity index (χ1n) is 12.2. The molecule has 7 nitrogen and oxygen atoms in total. The summed E-state index contributed by atoms with van der Waals surface area (Å²) in [6.45, 7) is 11.8. The second kappa shape index (κ2) is 11.0. The zero-order valence-corrected chi connectivity index (χ0v) is 22.2. The average molecular weight is 489 g/mol. The van der Waals surface area contributed by atoms with Crippen LogP contribution in [0.4, 0.5) is 0 Å². The maximum absolute atomic E-state index is 12.9. The van der Waals surface area contributed by atoms with Crippen molar-refractivity contribution in [3.63, 3.8) is 0 Å². The van der Waals surface area contributed by atoms with E-state index < -0.39 is 12.1 Å². The number of rotatable bonds is 8. The molecule has 0 saturated heterocycles. The molecule has 2 unspecified atom stereocenters. The van der Waals surface area contributed by atoms with E-state index in [4.69, 9.17) is 9.72 Å². The highest BCUT2D eigenvalue weighted by Gasteiger charge is 2.22. The molecule has 1 amide bonds. The lowest BCUT2D eigenvalue weighted by Gasteiger charge is -2.22. The molecule has 1 heterocycles. The summed E-state index contributed by atoms with van der Waals surface area (Å²) < 4.78 is 7.69. The van der Waals surface area contributed by atoms with Crippen molar-refractivity contribution in [3.8, 4) is 23.1 Å². The average Bonchev–Trinajstić information content (AvgIpc) is 3.21. The minimum atomic E-state index is -0.766. The molecule has 0 aliphatic carbocycles. The lowest BCUT2D eigenvalue weighted by Crippen LogP contribution is -2.43. The van der Waals surface area contributed by atoms with Crippen molar-refractivity contribution in [1.82, 2.24) is 14.9 Å². The first-order chi connectivity index (χ1) is 16.9. The summed E-state index contributed by atoms with van der Waals surface area (Å²) in [6.07, 6.45) is 1.64. The van der Waals surface area contributed by atoms with Gasteiger partial charge in [0.1, 0.15) is 17.6 Å². The SMILES string of the molecule is CC(C)Oc1ccc(C(=O)NC(Cc2ccc(-c3cn(C)c(C(C)(C)C)n3)cc2)C(C)O)cc1C#N. The molecule has 2 N–H and O–H groups in total. The minimum Gasteiger partial charge on any atom is -0.490 e. The molecule has 0 spiro atoms. The highest BCUT2D eigenvalue weighted by Crippen LogP contribution is 2.26. The fraction of sp³-hybridized carbons (Fsp3) is 0.414. The van der Waals surface area contributed by atoms with Crippen LogP contribution in [0.15, 0.2) is 48.7 Å². The summed E-state index contributed by atoms with van der Waals surface area (Å²) >= 11 is 0. The third kappa shape index (κ3) is 6.52. The summed E-state index contributed by atoms with van der Waals surface area (Å²) in [4.78, 5) is 17.7. The van der Waals surface area contributed by atoms with Gasteiger partial charge in [-0.2, -0.15) is 5.26 Å². The van der Waals surface area contributed by atoms with Crippen molar-refractivity contribution in [3.05, 3.63) is 71.2 Å². The Bertz CT molecular complexity index is 1250. The number of benzene rings is 2. The number of hydrogen-bond acceptors (Lipinski definition) is 5. The molecule has 0 aliphatic rings. The van der Waals surface area contributed by atoms with Gasteiger partial charge in [-0.1, -0.05) is 45.0 Å². The van der Waals surface area contributed by atoms with Gasteiger partial charge in [-0.25, -0.2) is 4.98 Å². The molecule has 0 aliphatic heterocycles. The Morgan fingerprint density at radius 1 is 1.17 bits per heavy atom. The Hall–Kier alpha value is -3.63. The van der Waals surface area contributed by atoms with E-state index in [1.807, 2.05) is 51.4 Å². The summed E-state index contributed by atoms with van der Waals surface area (Å²) in [5.41, 5.74) is 3.49. The molecule has 7 heteroatoms. The number of imidazole rings is 1. The molecule has 1 aromatic heterocycles. The number of aryl methyl sites for hydroxylation is 1. The number of aromatic nitrogens is 2. The summed E-state index contributed by atoms with van der Waals surface area (Å²) in [6, 6.07) is 14.4. The molecule has 36 heavy (non-hydrogen) atoms. The zero-order chi connectivity index (χ0) is 26.6. The summed E-state index contributed by atoms with van der Waals surface area (Å²) in [5, 5.41) is 22.7. The number of amides is 1. The quantitative estimate of drug-likeness (QED) is 0.476. The fourth-order valence-electron chi connectivity index (χ4n) is 4.08. The molecular weight excluding hydrogens is 452 g/mol. The van der Waals surface area contributed by atoms with Crippen LogP contribution >= 0.6 is 0 Å². The van der Waals surface area contributed by atoms with Gasteiger partial charge in [0.05, 0.1) is 29.5 Å². The number of aliphatic hydroxyl groups is 1. The van der Waals surface area contributed by atoms with Gasteiger partial charge in [0.2, 0.25) is 0 Å². The van der Waals surface area contributed by atoms with E-state index in [9.17, 15) is 15.2 Å². The van der Waals surface area contributed by atoms with Crippen molar-refractivity contribution in [2.24, 2.45) is 7.05 Å². The third-order valence-electron chi connectivity index (χ3n) is 5.88. The summed E-state index contributed by atoms with van der Waals surface area (Å²) in [7, 11) is 2.01. The Kier molecular flexibility index (Phi) is 8.21. The van der Waals surface area contributed by atoms with Crippen LogP contribution in [0.3, 0.4) is 0 Å². The van der Waals surface area contributed by atoms with Gasteiger partial charge < -0.3 is 19.7 Å². The second-order valence-corrected chi connectivity index (χ2v) is 10.5. The fourth-order valence-corrected chi connectivity index (χ4v) is 4.08. The van der Waals surface area contributed by atoms with Crippen LogP contribution in [0, 0.1) is 11.3 Å². The van der Waals surface area contributed by atoms with Crippen LogP contribution in [0.2, 0.25) is 0 Å². The topological polar surface area (TPSA) is 100 Å². The van der Waals surface area contributed by atoms with E-state index >= 15 is 0 Å². The summed E-state index contributed by atoms with van der Waals surface area (Å²) in [5.74, 6) is 1.11. The van der Waals surface area contributed by atoms with Crippen molar-refractivity contribution < 1.29 is 14.6 Å². The van der Waals surface area contributed by atoms with Crippen LogP contribution in [-0.2, 0) is 18.9 Å². The number of carbonyl (C=O) groups excluding carboxylic acids is 1. The zero-order valence-electron chi connectivity index (χ0n) is 22.2. The molecule has 0 fully saturated rings. The normalized spacial score (nSPS) is 13.2. The number of nitrogens with zero attached hydrogens (tertiary/aromatic N) is 3. The van der Waals surface area contributed by atoms with Crippen molar-refractivity contribution in [1.29, 1.82) is 5.26 Å². The molecule has 2 atom stereocenters. The van der Waals surface area contributed by atoms with Crippen LogP contribution in [-0.4, -0.2) is 38.8 Å². The lowest BCUT2D eigenvalue weighted by atomic mass is 9.96. The van der Waals surface area contributed by atoms with Gasteiger partial charge in [-0.15, -0.1) is 0 Å². The van der Waals surface area contributed by atoms with E-state index in [1.54, 1.807) is 19.1 Å². The largest absolute Gasteiger partial charge is 0.490 e. The van der Waals surface area contributed by atoms with Gasteiger partial charge in [-0.3, -0.25) is 4.79 Å². The number of nitriles is 1. The van der Waals surface area contributed by atoms with Gasteiger partial charge in [0.15, 0.2) is 0 Å². The van der Waals surface area contributed by atoms with Crippen LogP contribution in [0.1, 0.15) is 68.9 Å². The predicted molar refractivity (Wildman–Crippen MR) is 141 cm³/mol. The maximum atomic E-state index is 12.9. The predicted octanol–water partition coefficient (Wildman–Crippen LogP) is 4.77. The van der Waals surface area contributed by atoms with Crippen LogP contribution in [0.25, 0.3) is 11.3 Å². The Morgan fingerprint density at radius 2 is 1.83 bits per heavy atom. The first kappa shape index (κ1) is 27.0. The van der Waals surface area contributed by atoms with Crippen molar-refractivity contribution >= 4 is 5.91 Å². The monoisotopic (exact) mass is 488 g/mol. The van der Waals surface area contributed by atoms with Crippen LogP contribution < -0.4 is 10.1 Å². The number of ether oxygens (including phenoxy) is 1. The molecule has 0 bridgehead atoms.